The van der Waals surface area contributed by atoms with Gasteiger partial charge in [0.1, 0.15) is 11.5 Å². The largest absolute Gasteiger partial charge is 1.00 e. The van der Waals surface area contributed by atoms with Gasteiger partial charge in [-0.2, -0.15) is 0 Å². The number of carbonyl (C=O) groups excluding carboxylic acids is 2. The Bertz CT molecular complexity index is 1360. The zero-order valence-electron chi connectivity index (χ0n) is 23.3. The van der Waals surface area contributed by atoms with E-state index in [4.69, 9.17) is 10.5 Å². The second kappa shape index (κ2) is 13.1. The van der Waals surface area contributed by atoms with E-state index in [2.05, 4.69) is 54.6 Å². The first-order valence-corrected chi connectivity index (χ1v) is 13.8. The lowest BCUT2D eigenvalue weighted by Crippen LogP contribution is -3.00. The van der Waals surface area contributed by atoms with Crippen LogP contribution < -0.4 is 34.4 Å². The SMILES string of the molecule is C[N+](C)(C(=O)N(Cc1ccccc1)C1=Cc2cc(-c3ccc(CN)cc3)ccc2OCC1)C1CCC(=O)CC1.[I-]. The molecule has 0 spiro atoms. The molecule has 40 heavy (non-hydrogen) atoms. The molecule has 1 heterocycles. The fourth-order valence-electron chi connectivity index (χ4n) is 5.63. The van der Waals surface area contributed by atoms with Crippen LogP contribution in [0.1, 0.15) is 48.8 Å². The number of urea groups is 1. The highest BCUT2D eigenvalue weighted by Gasteiger charge is 2.42. The van der Waals surface area contributed by atoms with Crippen LogP contribution in [-0.2, 0) is 17.9 Å². The molecule has 5 rings (SSSR count). The smallest absolute Gasteiger partial charge is 0.423 e. The van der Waals surface area contributed by atoms with E-state index in [1.165, 1.54) is 0 Å². The van der Waals surface area contributed by atoms with Crippen molar-refractivity contribution in [2.24, 2.45) is 5.73 Å². The average molecular weight is 652 g/mol. The number of carbonyl (C=O) groups is 2. The summed E-state index contributed by atoms with van der Waals surface area (Å²) in [4.78, 5) is 28.2. The second-order valence-corrected chi connectivity index (χ2v) is 11.1. The molecule has 0 bridgehead atoms. The Morgan fingerprint density at radius 3 is 2.27 bits per heavy atom. The molecule has 2 N–H and O–H groups in total. The second-order valence-electron chi connectivity index (χ2n) is 11.1. The Kier molecular flexibility index (Phi) is 9.81. The Morgan fingerprint density at radius 1 is 0.925 bits per heavy atom. The number of halogens is 1. The normalized spacial score (nSPS) is 15.7. The molecule has 1 aliphatic heterocycles. The van der Waals surface area contributed by atoms with Crippen molar-refractivity contribution in [2.45, 2.75) is 51.2 Å². The molecule has 0 saturated heterocycles. The van der Waals surface area contributed by atoms with Crippen molar-refractivity contribution in [3.63, 3.8) is 0 Å². The Labute approximate surface area is 254 Å². The zero-order chi connectivity index (χ0) is 27.4. The summed E-state index contributed by atoms with van der Waals surface area (Å²) < 4.78 is 6.37. The molecule has 0 unspecified atom stereocenters. The van der Waals surface area contributed by atoms with Gasteiger partial charge in [0, 0.05) is 49.9 Å². The van der Waals surface area contributed by atoms with Crippen LogP contribution in [0, 0.1) is 0 Å². The number of benzene rings is 3. The highest BCUT2D eigenvalue weighted by molar-refractivity contribution is 5.79. The minimum absolute atomic E-state index is 0. The summed E-state index contributed by atoms with van der Waals surface area (Å²) in [5.41, 5.74) is 12.0. The van der Waals surface area contributed by atoms with Crippen LogP contribution in [0.5, 0.6) is 5.75 Å². The number of Topliss-reactive ketones (excluding diaryl/α,β-unsaturated/α-hetero) is 1. The van der Waals surface area contributed by atoms with Crippen LogP contribution in [0.25, 0.3) is 17.2 Å². The number of nitrogens with two attached hydrogens (primary N) is 1. The summed E-state index contributed by atoms with van der Waals surface area (Å²) in [5.74, 6) is 1.12. The predicted molar refractivity (Wildman–Crippen MR) is 155 cm³/mol. The summed E-state index contributed by atoms with van der Waals surface area (Å²) in [6.45, 7) is 1.49. The van der Waals surface area contributed by atoms with Crippen LogP contribution in [0.2, 0.25) is 0 Å². The topological polar surface area (TPSA) is 72.6 Å². The van der Waals surface area contributed by atoms with Gasteiger partial charge in [0.15, 0.2) is 0 Å². The Morgan fingerprint density at radius 2 is 1.60 bits per heavy atom. The summed E-state index contributed by atoms with van der Waals surface area (Å²) in [5, 5.41) is 0. The summed E-state index contributed by atoms with van der Waals surface area (Å²) in [7, 11) is 3.98. The van der Waals surface area contributed by atoms with E-state index >= 15 is 0 Å². The fraction of sp³-hybridized carbons (Fsp3) is 0.333. The van der Waals surface area contributed by atoms with Crippen molar-refractivity contribution in [1.82, 2.24) is 4.90 Å². The van der Waals surface area contributed by atoms with Crippen molar-refractivity contribution in [2.75, 3.05) is 20.7 Å². The first kappa shape index (κ1) is 30.0. The van der Waals surface area contributed by atoms with E-state index in [0.717, 1.165) is 52.1 Å². The first-order valence-electron chi connectivity index (χ1n) is 13.8. The van der Waals surface area contributed by atoms with Gasteiger partial charge in [-0.05, 0) is 40.5 Å². The van der Waals surface area contributed by atoms with E-state index < -0.39 is 0 Å². The minimum atomic E-state index is 0. The average Bonchev–Trinajstić information content (AvgIpc) is 3.18. The van der Waals surface area contributed by atoms with Crippen molar-refractivity contribution in [3.8, 4) is 16.9 Å². The molecule has 1 aliphatic carbocycles. The molecule has 2 aliphatic rings. The number of hydrogen-bond donors (Lipinski definition) is 1. The lowest BCUT2D eigenvalue weighted by atomic mass is 9.92. The molecule has 3 aromatic rings. The van der Waals surface area contributed by atoms with Crippen molar-refractivity contribution in [3.05, 3.63) is 95.2 Å². The van der Waals surface area contributed by atoms with Gasteiger partial charge in [0.25, 0.3) is 0 Å². The van der Waals surface area contributed by atoms with Gasteiger partial charge < -0.3 is 34.4 Å². The van der Waals surface area contributed by atoms with Crippen molar-refractivity contribution in [1.29, 1.82) is 0 Å². The number of rotatable bonds is 6. The van der Waals surface area contributed by atoms with Gasteiger partial charge >= 0.3 is 6.03 Å². The summed E-state index contributed by atoms with van der Waals surface area (Å²) in [6, 6.07) is 24.8. The zero-order valence-corrected chi connectivity index (χ0v) is 25.5. The van der Waals surface area contributed by atoms with Gasteiger partial charge in [-0.25, -0.2) is 9.28 Å². The number of nitrogens with zero attached hydrogens (tertiary/aromatic N) is 2. The number of quaternary nitrogens is 1. The highest BCUT2D eigenvalue weighted by atomic mass is 127. The van der Waals surface area contributed by atoms with Crippen molar-refractivity contribution >= 4 is 17.9 Å². The number of amides is 2. The first-order chi connectivity index (χ1) is 18.8. The van der Waals surface area contributed by atoms with Crippen LogP contribution in [-0.4, -0.2) is 47.9 Å². The van der Waals surface area contributed by atoms with Crippen LogP contribution in [0.3, 0.4) is 0 Å². The molecule has 6 nitrogen and oxygen atoms in total. The molecular formula is C33H38IN3O3. The fourth-order valence-corrected chi connectivity index (χ4v) is 5.63. The summed E-state index contributed by atoms with van der Waals surface area (Å²) in [6.07, 6.45) is 5.33. The van der Waals surface area contributed by atoms with E-state index in [0.29, 0.717) is 44.7 Å². The third-order valence-corrected chi connectivity index (χ3v) is 8.15. The van der Waals surface area contributed by atoms with E-state index in [-0.39, 0.29) is 40.5 Å². The third kappa shape index (κ3) is 6.65. The maximum absolute atomic E-state index is 14.3. The van der Waals surface area contributed by atoms with Crippen molar-refractivity contribution < 1.29 is 42.8 Å². The lowest BCUT2D eigenvalue weighted by Gasteiger charge is -2.40. The van der Waals surface area contributed by atoms with Crippen LogP contribution >= 0.6 is 0 Å². The van der Waals surface area contributed by atoms with Gasteiger partial charge in [0.2, 0.25) is 0 Å². The standard InChI is InChI=1S/C33H38N3O3.HI/c1-36(2,30-13-15-31(37)16-14-30)33(38)35(23-25-6-4-3-5-7-25)29-18-19-39-32-17-12-27(20-28(32)21-29)26-10-8-24(22-34)9-11-26;/h3-12,17,20-21,30H,13-16,18-19,22-23,34H2,1-2H3;1H/q+1;/p-1. The molecular weight excluding hydrogens is 613 g/mol. The quantitative estimate of drug-likeness (QED) is 0.329. The molecule has 2 amide bonds. The molecule has 210 valence electrons. The predicted octanol–water partition coefficient (Wildman–Crippen LogP) is 3.15. The lowest BCUT2D eigenvalue weighted by molar-refractivity contribution is -0.841. The molecule has 0 aromatic heterocycles. The number of ketones is 1. The molecule has 7 heteroatoms. The van der Waals surface area contributed by atoms with Crippen LogP contribution in [0.15, 0.2) is 78.5 Å². The van der Waals surface area contributed by atoms with E-state index in [1.54, 1.807) is 0 Å². The highest BCUT2D eigenvalue weighted by Crippen LogP contribution is 2.34. The van der Waals surface area contributed by atoms with E-state index in [1.807, 2.05) is 43.3 Å². The molecule has 3 aromatic carbocycles. The summed E-state index contributed by atoms with van der Waals surface area (Å²) >= 11 is 0. The number of ether oxygens (including phenoxy) is 1. The maximum Gasteiger partial charge on any atom is 0.423 e. The molecule has 1 saturated carbocycles. The maximum atomic E-state index is 14.3. The van der Waals surface area contributed by atoms with E-state index in [9.17, 15) is 9.59 Å². The van der Waals surface area contributed by atoms with Gasteiger partial charge in [-0.3, -0.25) is 9.69 Å². The van der Waals surface area contributed by atoms with Crippen LogP contribution in [0.4, 0.5) is 4.79 Å². The van der Waals surface area contributed by atoms with Gasteiger partial charge in [-0.1, -0.05) is 60.7 Å². The molecule has 1 fully saturated rings. The number of hydrogen-bond acceptors (Lipinski definition) is 4. The monoisotopic (exact) mass is 651 g/mol. The van der Waals surface area contributed by atoms with Gasteiger partial charge in [-0.15, -0.1) is 0 Å². The Balaban J connectivity index is 0.00000370. The Hall–Kier alpha value is -3.01. The minimum Gasteiger partial charge on any atom is -1.00 e. The molecule has 0 radical (unpaired) electrons. The molecule has 0 atom stereocenters. The number of fused-ring (bicyclic) bond motifs is 1. The van der Waals surface area contributed by atoms with Gasteiger partial charge in [0.05, 0.1) is 33.3 Å². The third-order valence-electron chi connectivity index (χ3n) is 8.15.